The van der Waals surface area contributed by atoms with Crippen molar-refractivity contribution in [2.75, 3.05) is 6.61 Å². The molecule has 18 heavy (non-hydrogen) atoms. The van der Waals surface area contributed by atoms with E-state index in [1.165, 1.54) is 18.7 Å². The lowest BCUT2D eigenvalue weighted by molar-refractivity contribution is -0.143. The number of carbonyl (C=O) groups is 2. The number of ketones is 1. The summed E-state index contributed by atoms with van der Waals surface area (Å²) in [5, 5.41) is -0.232. The Morgan fingerprint density at radius 3 is 2.56 bits per heavy atom. The van der Waals surface area contributed by atoms with Crippen LogP contribution >= 0.6 is 11.8 Å². The zero-order chi connectivity index (χ0) is 13.4. The molecule has 0 N–H and O–H groups in total. The number of rotatable bonds is 7. The first kappa shape index (κ1) is 14.8. The lowest BCUT2D eigenvalue weighted by Crippen LogP contribution is -2.17. The van der Waals surface area contributed by atoms with Gasteiger partial charge >= 0.3 is 5.97 Å². The fourth-order valence-electron chi connectivity index (χ4n) is 1.36. The van der Waals surface area contributed by atoms with E-state index >= 15 is 0 Å². The maximum Gasteiger partial charge on any atom is 0.319 e. The molecule has 0 saturated carbocycles. The SMILES string of the molecule is CC(=O)CCCOC(=O)C(C)Sc1ccccc1. The number of hydrogen-bond acceptors (Lipinski definition) is 4. The second kappa shape index (κ2) is 7.93. The minimum atomic E-state index is -0.232. The van der Waals surface area contributed by atoms with Crippen LogP contribution in [0.3, 0.4) is 0 Å². The third-order valence-corrected chi connectivity index (χ3v) is 3.40. The molecule has 0 aliphatic heterocycles. The molecular formula is C14H18O3S. The predicted molar refractivity (Wildman–Crippen MR) is 72.6 cm³/mol. The van der Waals surface area contributed by atoms with Crippen LogP contribution in [0.1, 0.15) is 26.7 Å². The number of carbonyl (C=O) groups excluding carboxylic acids is 2. The van der Waals surface area contributed by atoms with E-state index in [1.54, 1.807) is 0 Å². The maximum atomic E-state index is 11.7. The second-order valence-electron chi connectivity index (χ2n) is 4.05. The van der Waals surface area contributed by atoms with E-state index in [-0.39, 0.29) is 17.0 Å². The minimum absolute atomic E-state index is 0.123. The lowest BCUT2D eigenvalue weighted by atomic mass is 10.2. The Bertz CT molecular complexity index is 389. The molecule has 0 aliphatic rings. The molecule has 3 nitrogen and oxygen atoms in total. The molecular weight excluding hydrogens is 248 g/mol. The van der Waals surface area contributed by atoms with E-state index in [9.17, 15) is 9.59 Å². The van der Waals surface area contributed by atoms with Crippen molar-refractivity contribution >= 4 is 23.5 Å². The average molecular weight is 266 g/mol. The van der Waals surface area contributed by atoms with Gasteiger partial charge in [-0.1, -0.05) is 18.2 Å². The maximum absolute atomic E-state index is 11.7. The van der Waals surface area contributed by atoms with Crippen LogP contribution in [0.15, 0.2) is 35.2 Å². The first-order valence-electron chi connectivity index (χ1n) is 5.97. The van der Waals surface area contributed by atoms with E-state index in [2.05, 4.69) is 0 Å². The van der Waals surface area contributed by atoms with Gasteiger partial charge in [0.05, 0.1) is 6.61 Å². The molecule has 0 aromatic heterocycles. The first-order valence-corrected chi connectivity index (χ1v) is 6.85. The van der Waals surface area contributed by atoms with Crippen molar-refractivity contribution in [3.05, 3.63) is 30.3 Å². The molecule has 1 unspecified atom stereocenters. The van der Waals surface area contributed by atoms with Crippen molar-refractivity contribution in [1.82, 2.24) is 0 Å². The summed E-state index contributed by atoms with van der Waals surface area (Å²) < 4.78 is 5.11. The van der Waals surface area contributed by atoms with Gasteiger partial charge in [0, 0.05) is 11.3 Å². The molecule has 1 rings (SSSR count). The van der Waals surface area contributed by atoms with Crippen molar-refractivity contribution in [2.24, 2.45) is 0 Å². The van der Waals surface area contributed by atoms with Gasteiger partial charge in [-0.25, -0.2) is 0 Å². The summed E-state index contributed by atoms with van der Waals surface area (Å²) in [6.07, 6.45) is 1.07. The molecule has 1 atom stereocenters. The zero-order valence-electron chi connectivity index (χ0n) is 10.7. The Kier molecular flexibility index (Phi) is 6.50. The topological polar surface area (TPSA) is 43.4 Å². The molecule has 4 heteroatoms. The van der Waals surface area contributed by atoms with Crippen LogP contribution in [0.4, 0.5) is 0 Å². The van der Waals surface area contributed by atoms with Gasteiger partial charge in [-0.05, 0) is 32.4 Å². The predicted octanol–water partition coefficient (Wildman–Crippen LogP) is 3.08. The largest absolute Gasteiger partial charge is 0.465 e. The smallest absolute Gasteiger partial charge is 0.319 e. The molecule has 0 aliphatic carbocycles. The quantitative estimate of drug-likeness (QED) is 0.432. The standard InChI is InChI=1S/C14H18O3S/c1-11(15)7-6-10-17-14(16)12(2)18-13-8-4-3-5-9-13/h3-5,8-9,12H,6-7,10H2,1-2H3. The van der Waals surface area contributed by atoms with Gasteiger partial charge in [0.2, 0.25) is 0 Å². The Morgan fingerprint density at radius 2 is 1.94 bits per heavy atom. The van der Waals surface area contributed by atoms with Crippen molar-refractivity contribution in [3.63, 3.8) is 0 Å². The van der Waals surface area contributed by atoms with Crippen LogP contribution in [0.5, 0.6) is 0 Å². The summed E-state index contributed by atoms with van der Waals surface area (Å²) in [5.41, 5.74) is 0. The summed E-state index contributed by atoms with van der Waals surface area (Å²) in [5.74, 6) is -0.106. The Morgan fingerprint density at radius 1 is 1.28 bits per heavy atom. The highest BCUT2D eigenvalue weighted by atomic mass is 32.2. The summed E-state index contributed by atoms with van der Waals surface area (Å²) >= 11 is 1.47. The minimum Gasteiger partial charge on any atom is -0.465 e. The number of esters is 1. The van der Waals surface area contributed by atoms with Crippen LogP contribution in [-0.4, -0.2) is 23.6 Å². The summed E-state index contributed by atoms with van der Waals surface area (Å²) in [6, 6.07) is 9.74. The highest BCUT2D eigenvalue weighted by Gasteiger charge is 2.15. The number of ether oxygens (including phenoxy) is 1. The summed E-state index contributed by atoms with van der Waals surface area (Å²) in [4.78, 5) is 23.4. The van der Waals surface area contributed by atoms with E-state index in [1.807, 2.05) is 37.3 Å². The van der Waals surface area contributed by atoms with Gasteiger partial charge in [0.1, 0.15) is 11.0 Å². The van der Waals surface area contributed by atoms with Crippen LogP contribution in [0.2, 0.25) is 0 Å². The van der Waals surface area contributed by atoms with Gasteiger partial charge in [0.15, 0.2) is 0 Å². The molecule has 0 saturated heterocycles. The highest BCUT2D eigenvalue weighted by molar-refractivity contribution is 8.00. The second-order valence-corrected chi connectivity index (χ2v) is 5.46. The monoisotopic (exact) mass is 266 g/mol. The average Bonchev–Trinajstić information content (AvgIpc) is 2.35. The normalized spacial score (nSPS) is 11.9. The third kappa shape index (κ3) is 5.87. The Labute approximate surface area is 112 Å². The van der Waals surface area contributed by atoms with Gasteiger partial charge < -0.3 is 9.53 Å². The number of thioether (sulfide) groups is 1. The van der Waals surface area contributed by atoms with Crippen molar-refractivity contribution < 1.29 is 14.3 Å². The van der Waals surface area contributed by atoms with Crippen molar-refractivity contribution in [3.8, 4) is 0 Å². The first-order chi connectivity index (χ1) is 8.59. The van der Waals surface area contributed by atoms with Gasteiger partial charge in [0.25, 0.3) is 0 Å². The van der Waals surface area contributed by atoms with Crippen LogP contribution < -0.4 is 0 Å². The van der Waals surface area contributed by atoms with Crippen LogP contribution in [0.25, 0.3) is 0 Å². The number of Topliss-reactive ketones (excluding diaryl/α,β-unsaturated/α-hetero) is 1. The van der Waals surface area contributed by atoms with Crippen molar-refractivity contribution in [2.45, 2.75) is 36.8 Å². The zero-order valence-corrected chi connectivity index (χ0v) is 11.5. The van der Waals surface area contributed by atoms with Crippen LogP contribution in [0, 0.1) is 0 Å². The molecule has 0 fully saturated rings. The fourth-order valence-corrected chi connectivity index (χ4v) is 2.25. The lowest BCUT2D eigenvalue weighted by Gasteiger charge is -2.10. The van der Waals surface area contributed by atoms with Crippen LogP contribution in [-0.2, 0) is 14.3 Å². The molecule has 0 radical (unpaired) electrons. The Hall–Kier alpha value is -1.29. The van der Waals surface area contributed by atoms with E-state index in [0.717, 1.165) is 4.90 Å². The number of benzene rings is 1. The molecule has 0 bridgehead atoms. The molecule has 1 aromatic rings. The molecule has 0 heterocycles. The van der Waals surface area contributed by atoms with Gasteiger partial charge in [-0.3, -0.25) is 4.79 Å². The highest BCUT2D eigenvalue weighted by Crippen LogP contribution is 2.23. The Balaban J connectivity index is 2.27. The van der Waals surface area contributed by atoms with E-state index < -0.39 is 0 Å². The van der Waals surface area contributed by atoms with Crippen molar-refractivity contribution in [1.29, 1.82) is 0 Å². The summed E-state index contributed by atoms with van der Waals surface area (Å²) in [7, 11) is 0. The molecule has 0 amide bonds. The fraction of sp³-hybridized carbons (Fsp3) is 0.429. The van der Waals surface area contributed by atoms with Gasteiger partial charge in [-0.2, -0.15) is 0 Å². The molecule has 98 valence electrons. The van der Waals surface area contributed by atoms with E-state index in [0.29, 0.717) is 19.4 Å². The number of hydrogen-bond donors (Lipinski definition) is 0. The van der Waals surface area contributed by atoms with E-state index in [4.69, 9.17) is 4.74 Å². The third-order valence-electron chi connectivity index (χ3n) is 2.31. The molecule has 1 aromatic carbocycles. The summed E-state index contributed by atoms with van der Waals surface area (Å²) in [6.45, 7) is 3.68. The molecule has 0 spiro atoms. The van der Waals surface area contributed by atoms with Gasteiger partial charge in [-0.15, -0.1) is 11.8 Å².